The van der Waals surface area contributed by atoms with E-state index >= 15 is 0 Å². The number of aromatic hydroxyl groups is 1. The Labute approximate surface area is 195 Å². The topological polar surface area (TPSA) is 60.5 Å². The predicted molar refractivity (Wildman–Crippen MR) is 130 cm³/mol. The van der Waals surface area contributed by atoms with Gasteiger partial charge in [-0.1, -0.05) is 44.0 Å². The van der Waals surface area contributed by atoms with Gasteiger partial charge in [-0.25, -0.2) is 0 Å². The molecule has 1 spiro atoms. The first kappa shape index (κ1) is 19.9. The summed E-state index contributed by atoms with van der Waals surface area (Å²) in [7, 11) is 2.30. The summed E-state index contributed by atoms with van der Waals surface area (Å²) in [6, 6.07) is 13.1. The van der Waals surface area contributed by atoms with Crippen molar-refractivity contribution >= 4 is 10.9 Å². The molecular weight excluding hydrogens is 410 g/mol. The Kier molecular flexibility index (Phi) is 4.09. The first-order chi connectivity index (χ1) is 16.1. The number of likely N-dealkylation sites (tertiary alicyclic amines) is 1. The van der Waals surface area contributed by atoms with E-state index in [0.717, 1.165) is 38.1 Å². The van der Waals surface area contributed by atoms with Crippen LogP contribution in [0.2, 0.25) is 0 Å². The summed E-state index contributed by atoms with van der Waals surface area (Å²) in [6.45, 7) is 4.34. The van der Waals surface area contributed by atoms with Crippen LogP contribution in [0.3, 0.4) is 0 Å². The molecule has 1 saturated heterocycles. The van der Waals surface area contributed by atoms with Crippen molar-refractivity contribution in [2.24, 2.45) is 0 Å². The molecule has 5 heteroatoms. The van der Waals surface area contributed by atoms with Crippen molar-refractivity contribution < 1.29 is 9.84 Å². The zero-order valence-electron chi connectivity index (χ0n) is 19.6. The second-order valence-corrected chi connectivity index (χ2v) is 10.7. The number of hydrogen-bond donors (Lipinski definition) is 3. The lowest BCUT2D eigenvalue weighted by molar-refractivity contribution is -0.0653. The van der Waals surface area contributed by atoms with Crippen molar-refractivity contribution in [2.75, 3.05) is 20.1 Å². The van der Waals surface area contributed by atoms with Crippen molar-refractivity contribution in [3.63, 3.8) is 0 Å². The van der Waals surface area contributed by atoms with Gasteiger partial charge in [-0.2, -0.15) is 0 Å². The Morgan fingerprint density at radius 3 is 2.97 bits per heavy atom. The molecule has 0 unspecified atom stereocenters. The number of nitrogens with zero attached hydrogens (tertiary/aromatic N) is 1. The molecule has 5 nitrogen and oxygen atoms in total. The first-order valence-electron chi connectivity index (χ1n) is 12.7. The van der Waals surface area contributed by atoms with Crippen molar-refractivity contribution in [2.45, 2.75) is 68.5 Å². The van der Waals surface area contributed by atoms with Crippen LogP contribution in [0.4, 0.5) is 0 Å². The number of fused-ring (bicyclic) bond motifs is 4. The van der Waals surface area contributed by atoms with Crippen LogP contribution < -0.4 is 10.1 Å². The zero-order chi connectivity index (χ0) is 22.4. The molecular formula is C28H33N3O2. The molecule has 1 aromatic heterocycles. The molecule has 0 radical (unpaired) electrons. The minimum Gasteiger partial charge on any atom is -0.504 e. The minimum absolute atomic E-state index is 0.106. The van der Waals surface area contributed by atoms with E-state index in [1.54, 1.807) is 0 Å². The molecule has 2 aromatic carbocycles. The van der Waals surface area contributed by atoms with Gasteiger partial charge in [-0.15, -0.1) is 0 Å². The predicted octanol–water partition coefficient (Wildman–Crippen LogP) is 4.58. The number of unbranched alkanes of at least 4 members (excludes halogenated alkanes) is 2. The number of aromatic amines is 1. The number of para-hydroxylation sites is 1. The molecule has 172 valence electrons. The third kappa shape index (κ3) is 2.30. The van der Waals surface area contributed by atoms with Gasteiger partial charge in [0.05, 0.1) is 16.6 Å². The number of phenols is 1. The number of ether oxygens (including phenoxy) is 1. The highest BCUT2D eigenvalue weighted by molar-refractivity contribution is 5.86. The van der Waals surface area contributed by atoms with Crippen LogP contribution in [0.15, 0.2) is 36.4 Å². The second-order valence-electron chi connectivity index (χ2n) is 10.7. The SMILES string of the molecule is CCCCCN[C@@]12Cc3c([nH]c4ccccc34)[C@@H]3Oc4c(O)ccc5c4[C@@]31CCN(C)[C@@H]2C5. The van der Waals surface area contributed by atoms with Gasteiger partial charge in [0.25, 0.3) is 0 Å². The molecule has 1 fully saturated rings. The van der Waals surface area contributed by atoms with Gasteiger partial charge in [0.2, 0.25) is 0 Å². The van der Waals surface area contributed by atoms with E-state index in [9.17, 15) is 5.11 Å². The van der Waals surface area contributed by atoms with Gasteiger partial charge >= 0.3 is 0 Å². The van der Waals surface area contributed by atoms with E-state index in [-0.39, 0.29) is 22.8 Å². The Morgan fingerprint density at radius 2 is 2.09 bits per heavy atom. The third-order valence-electron chi connectivity index (χ3n) is 9.31. The lowest BCUT2D eigenvalue weighted by Crippen LogP contribution is -2.79. The summed E-state index contributed by atoms with van der Waals surface area (Å²) in [5.74, 6) is 1.01. The lowest BCUT2D eigenvalue weighted by atomic mass is 9.47. The van der Waals surface area contributed by atoms with Crippen molar-refractivity contribution in [1.82, 2.24) is 15.2 Å². The van der Waals surface area contributed by atoms with E-state index in [1.807, 2.05) is 6.07 Å². The molecule has 2 aliphatic carbocycles. The van der Waals surface area contributed by atoms with E-state index in [0.29, 0.717) is 6.04 Å². The number of phenolic OH excluding ortho intramolecular Hbond substituents is 1. The summed E-state index contributed by atoms with van der Waals surface area (Å²) < 4.78 is 6.81. The van der Waals surface area contributed by atoms with Gasteiger partial charge < -0.3 is 25.0 Å². The smallest absolute Gasteiger partial charge is 0.166 e. The van der Waals surface area contributed by atoms with Crippen LogP contribution >= 0.6 is 0 Å². The van der Waals surface area contributed by atoms with E-state index in [4.69, 9.17) is 4.74 Å². The quantitative estimate of drug-likeness (QED) is 0.505. The van der Waals surface area contributed by atoms with Gasteiger partial charge in [0.1, 0.15) is 0 Å². The summed E-state index contributed by atoms with van der Waals surface area (Å²) in [4.78, 5) is 6.35. The normalized spacial score (nSPS) is 31.3. The molecule has 3 N–H and O–H groups in total. The summed E-state index contributed by atoms with van der Waals surface area (Å²) in [5.41, 5.74) is 6.13. The van der Waals surface area contributed by atoms with E-state index < -0.39 is 0 Å². The zero-order valence-corrected chi connectivity index (χ0v) is 19.6. The molecule has 2 bridgehead atoms. The number of piperidine rings is 1. The number of aromatic nitrogens is 1. The molecule has 2 aliphatic heterocycles. The number of H-pyrrole nitrogens is 1. The fourth-order valence-corrected chi connectivity index (χ4v) is 7.92. The second kappa shape index (κ2) is 6.77. The summed E-state index contributed by atoms with van der Waals surface area (Å²) in [5, 5.41) is 16.4. The minimum atomic E-state index is -0.175. The fraction of sp³-hybridized carbons (Fsp3) is 0.500. The number of likely N-dealkylation sites (N-methyl/N-ethyl adjacent to an activating group) is 1. The van der Waals surface area contributed by atoms with Gasteiger partial charge in [0, 0.05) is 22.5 Å². The molecule has 3 heterocycles. The Morgan fingerprint density at radius 1 is 1.21 bits per heavy atom. The monoisotopic (exact) mass is 443 g/mol. The van der Waals surface area contributed by atoms with Crippen LogP contribution in [0, 0.1) is 0 Å². The van der Waals surface area contributed by atoms with Crippen LogP contribution in [-0.2, 0) is 18.3 Å². The molecule has 33 heavy (non-hydrogen) atoms. The molecule has 7 rings (SSSR count). The van der Waals surface area contributed by atoms with E-state index in [1.165, 1.54) is 52.5 Å². The molecule has 0 saturated carbocycles. The number of nitrogens with one attached hydrogen (secondary N) is 2. The van der Waals surface area contributed by atoms with E-state index in [2.05, 4.69) is 59.5 Å². The molecule has 0 amide bonds. The van der Waals surface area contributed by atoms with Crippen molar-refractivity contribution in [3.8, 4) is 11.5 Å². The van der Waals surface area contributed by atoms with Gasteiger partial charge in [-0.3, -0.25) is 0 Å². The highest BCUT2D eigenvalue weighted by atomic mass is 16.5. The van der Waals surface area contributed by atoms with Gasteiger partial charge in [0.15, 0.2) is 17.6 Å². The molecule has 4 atom stereocenters. The number of hydrogen-bond acceptors (Lipinski definition) is 4. The maximum atomic E-state index is 10.9. The van der Waals surface area contributed by atoms with Crippen LogP contribution in [0.25, 0.3) is 10.9 Å². The summed E-state index contributed by atoms with van der Waals surface area (Å²) >= 11 is 0. The van der Waals surface area contributed by atoms with Crippen LogP contribution in [-0.4, -0.2) is 46.7 Å². The van der Waals surface area contributed by atoms with Gasteiger partial charge in [-0.05, 0) is 69.1 Å². The Bertz CT molecular complexity index is 1270. The standard InChI is InChI=1S/C28H33N3O2/c1-3-4-7-13-29-28-16-19-18-8-5-6-9-20(18)30-24(19)26-27(28)12-14-31(2)22(28)15-17-10-11-21(32)25(33-26)23(17)27/h5-6,8-11,22,26,29-30,32H,3-4,7,12-16H2,1-2H3/t22-,26+,27+,28-/m1/s1. The van der Waals surface area contributed by atoms with Crippen LogP contribution in [0.5, 0.6) is 11.5 Å². The average Bonchev–Trinajstić information content (AvgIpc) is 3.36. The first-order valence-corrected chi connectivity index (χ1v) is 12.7. The Hall–Kier alpha value is -2.50. The average molecular weight is 444 g/mol. The lowest BCUT2D eigenvalue weighted by Gasteiger charge is -2.65. The third-order valence-corrected chi connectivity index (χ3v) is 9.31. The molecule has 4 aliphatic rings. The highest BCUT2D eigenvalue weighted by Crippen LogP contribution is 2.68. The summed E-state index contributed by atoms with van der Waals surface area (Å²) in [6.07, 6.45) is 6.57. The van der Waals surface area contributed by atoms with Crippen molar-refractivity contribution in [1.29, 1.82) is 0 Å². The largest absolute Gasteiger partial charge is 0.504 e. The number of benzene rings is 2. The highest BCUT2D eigenvalue weighted by Gasteiger charge is 2.72. The van der Waals surface area contributed by atoms with Crippen LogP contribution in [0.1, 0.15) is 61.1 Å². The maximum absolute atomic E-state index is 10.9. The molecule has 3 aromatic rings. The van der Waals surface area contributed by atoms with Crippen molar-refractivity contribution in [3.05, 3.63) is 58.8 Å². The maximum Gasteiger partial charge on any atom is 0.166 e. The fourth-order valence-electron chi connectivity index (χ4n) is 7.92. The number of rotatable bonds is 5. The Balaban J connectivity index is 1.52.